The summed E-state index contributed by atoms with van der Waals surface area (Å²) in [5.74, 6) is 1.24. The van der Waals surface area contributed by atoms with Gasteiger partial charge in [-0.05, 0) is 31.0 Å². The smallest absolute Gasteiger partial charge is 0.143 e. The molecule has 0 amide bonds. The molecule has 0 spiro atoms. The lowest BCUT2D eigenvalue weighted by molar-refractivity contribution is 0.476. The number of nitrogens with one attached hydrogen (secondary N) is 1. The van der Waals surface area contributed by atoms with E-state index in [0.717, 1.165) is 40.8 Å². The largest absolute Gasteiger partial charge is 0.508 e. The highest BCUT2D eigenvalue weighted by Gasteiger charge is 2.19. The molecule has 2 N–H and O–H groups in total. The number of benzene rings is 1. The molecule has 1 aromatic carbocycles. The minimum absolute atomic E-state index is 0.268. The lowest BCUT2D eigenvalue weighted by Gasteiger charge is -2.16. The normalized spacial score (nSPS) is 15.7. The van der Waals surface area contributed by atoms with Gasteiger partial charge in [0.15, 0.2) is 0 Å². The number of phenols is 1. The van der Waals surface area contributed by atoms with Crippen LogP contribution in [0.5, 0.6) is 5.75 Å². The number of nitrogens with zero attached hydrogens (tertiary/aromatic N) is 3. The zero-order valence-corrected chi connectivity index (χ0v) is 10.4. The number of anilines is 1. The molecule has 2 aromatic heterocycles. The molecule has 1 fully saturated rings. The van der Waals surface area contributed by atoms with E-state index in [1.165, 1.54) is 12.8 Å². The topological polar surface area (TPSA) is 65.0 Å². The van der Waals surface area contributed by atoms with Gasteiger partial charge in [-0.3, -0.25) is 0 Å². The highest BCUT2D eigenvalue weighted by atomic mass is 16.3. The second-order valence-electron chi connectivity index (χ2n) is 4.97. The van der Waals surface area contributed by atoms with E-state index in [4.69, 9.17) is 0 Å². The summed E-state index contributed by atoms with van der Waals surface area (Å²) in [6.45, 7) is 2.08. The van der Waals surface area contributed by atoms with Crippen LogP contribution in [0.25, 0.3) is 21.9 Å². The van der Waals surface area contributed by atoms with Crippen LogP contribution in [0.4, 0.5) is 5.82 Å². The number of hydrogen-bond donors (Lipinski definition) is 2. The van der Waals surface area contributed by atoms with Gasteiger partial charge < -0.3 is 15.0 Å². The molecule has 96 valence electrons. The minimum atomic E-state index is 0.268. The van der Waals surface area contributed by atoms with Crippen LogP contribution in [-0.4, -0.2) is 33.1 Å². The van der Waals surface area contributed by atoms with Gasteiger partial charge in [-0.25, -0.2) is 9.97 Å². The third-order valence-electron chi connectivity index (χ3n) is 3.76. The summed E-state index contributed by atoms with van der Waals surface area (Å²) < 4.78 is 0. The molecule has 0 aliphatic carbocycles. The first-order valence-electron chi connectivity index (χ1n) is 6.53. The Morgan fingerprint density at radius 3 is 2.84 bits per heavy atom. The van der Waals surface area contributed by atoms with Crippen molar-refractivity contribution in [1.29, 1.82) is 0 Å². The first kappa shape index (κ1) is 10.6. The van der Waals surface area contributed by atoms with Crippen molar-refractivity contribution in [2.24, 2.45) is 0 Å². The second-order valence-corrected chi connectivity index (χ2v) is 4.97. The Morgan fingerprint density at radius 1 is 1.16 bits per heavy atom. The summed E-state index contributed by atoms with van der Waals surface area (Å²) in [7, 11) is 0. The van der Waals surface area contributed by atoms with Crippen LogP contribution in [0, 0.1) is 0 Å². The Kier molecular flexibility index (Phi) is 2.15. The molecule has 0 radical (unpaired) electrons. The van der Waals surface area contributed by atoms with Crippen LogP contribution in [0.2, 0.25) is 0 Å². The summed E-state index contributed by atoms with van der Waals surface area (Å²) in [5, 5.41) is 11.7. The predicted octanol–water partition coefficient (Wildman–Crippen LogP) is 2.42. The Morgan fingerprint density at radius 2 is 2.00 bits per heavy atom. The molecule has 19 heavy (non-hydrogen) atoms. The summed E-state index contributed by atoms with van der Waals surface area (Å²) >= 11 is 0. The van der Waals surface area contributed by atoms with E-state index in [1.807, 2.05) is 6.07 Å². The van der Waals surface area contributed by atoms with Crippen molar-refractivity contribution in [3.63, 3.8) is 0 Å². The molecule has 1 saturated heterocycles. The quantitative estimate of drug-likeness (QED) is 0.700. The maximum Gasteiger partial charge on any atom is 0.143 e. The van der Waals surface area contributed by atoms with Crippen molar-refractivity contribution in [1.82, 2.24) is 15.0 Å². The molecule has 3 heterocycles. The number of phenolic OH excluding ortho intramolecular Hbond substituents is 1. The Bertz CT molecular complexity index is 759. The van der Waals surface area contributed by atoms with E-state index in [-0.39, 0.29) is 5.75 Å². The molecule has 1 aliphatic heterocycles. The number of hydrogen-bond acceptors (Lipinski definition) is 4. The van der Waals surface area contributed by atoms with E-state index < -0.39 is 0 Å². The fourth-order valence-electron chi connectivity index (χ4n) is 2.86. The van der Waals surface area contributed by atoms with Gasteiger partial charge in [0.25, 0.3) is 0 Å². The summed E-state index contributed by atoms with van der Waals surface area (Å²) in [4.78, 5) is 14.3. The van der Waals surface area contributed by atoms with Crippen molar-refractivity contribution in [2.75, 3.05) is 18.0 Å². The van der Waals surface area contributed by atoms with Crippen LogP contribution in [0.15, 0.2) is 24.5 Å². The maximum absolute atomic E-state index is 9.70. The molecule has 1 aliphatic rings. The van der Waals surface area contributed by atoms with E-state index in [2.05, 4.69) is 19.9 Å². The number of H-pyrrole nitrogens is 1. The third-order valence-corrected chi connectivity index (χ3v) is 3.76. The molecule has 3 aromatic rings. The first-order valence-corrected chi connectivity index (χ1v) is 6.53. The number of aromatic hydroxyl groups is 1. The van der Waals surface area contributed by atoms with E-state index in [0.29, 0.717) is 0 Å². The summed E-state index contributed by atoms with van der Waals surface area (Å²) in [6, 6.07) is 5.33. The van der Waals surface area contributed by atoms with Crippen molar-refractivity contribution in [2.45, 2.75) is 12.8 Å². The van der Waals surface area contributed by atoms with Gasteiger partial charge in [0.1, 0.15) is 23.5 Å². The standard InChI is InChI=1S/C14H14N4O/c19-9-3-4-11-10(7-9)12-13(17-11)15-8-16-14(12)18-5-1-2-6-18/h3-4,7-8,19H,1-2,5-6H2,(H,15,16,17). The lowest BCUT2D eigenvalue weighted by atomic mass is 10.2. The van der Waals surface area contributed by atoms with Crippen LogP contribution in [-0.2, 0) is 0 Å². The average molecular weight is 254 g/mol. The van der Waals surface area contributed by atoms with Crippen molar-refractivity contribution in [3.05, 3.63) is 24.5 Å². The Balaban J connectivity index is 2.07. The molecule has 5 heteroatoms. The molecule has 0 saturated carbocycles. The van der Waals surface area contributed by atoms with Crippen LogP contribution in [0.1, 0.15) is 12.8 Å². The molecule has 5 nitrogen and oxygen atoms in total. The second kappa shape index (κ2) is 3.85. The van der Waals surface area contributed by atoms with Crippen LogP contribution < -0.4 is 4.90 Å². The fraction of sp³-hybridized carbons (Fsp3) is 0.286. The van der Waals surface area contributed by atoms with E-state index in [9.17, 15) is 5.11 Å². The van der Waals surface area contributed by atoms with E-state index in [1.54, 1.807) is 18.5 Å². The van der Waals surface area contributed by atoms with Gasteiger partial charge in [-0.2, -0.15) is 0 Å². The summed E-state index contributed by atoms with van der Waals surface area (Å²) in [5.41, 5.74) is 1.81. The van der Waals surface area contributed by atoms with Gasteiger partial charge in [0.05, 0.1) is 5.39 Å². The van der Waals surface area contributed by atoms with Crippen molar-refractivity contribution in [3.8, 4) is 5.75 Å². The summed E-state index contributed by atoms with van der Waals surface area (Å²) in [6.07, 6.45) is 4.02. The van der Waals surface area contributed by atoms with E-state index >= 15 is 0 Å². The Hall–Kier alpha value is -2.30. The highest BCUT2D eigenvalue weighted by Crippen LogP contribution is 2.33. The van der Waals surface area contributed by atoms with Crippen LogP contribution >= 0.6 is 0 Å². The number of aromatic amines is 1. The molecular formula is C14H14N4O. The number of aromatic nitrogens is 3. The molecule has 4 rings (SSSR count). The SMILES string of the molecule is Oc1ccc2[nH]c3ncnc(N4CCCC4)c3c2c1. The van der Waals surface area contributed by atoms with Gasteiger partial charge in [-0.15, -0.1) is 0 Å². The van der Waals surface area contributed by atoms with Gasteiger partial charge in [0, 0.05) is 24.0 Å². The molecule has 0 bridgehead atoms. The van der Waals surface area contributed by atoms with Gasteiger partial charge in [0.2, 0.25) is 0 Å². The lowest BCUT2D eigenvalue weighted by Crippen LogP contribution is -2.19. The first-order chi connectivity index (χ1) is 9.33. The monoisotopic (exact) mass is 254 g/mol. The van der Waals surface area contributed by atoms with Crippen molar-refractivity contribution < 1.29 is 5.11 Å². The van der Waals surface area contributed by atoms with Crippen molar-refractivity contribution >= 4 is 27.8 Å². The predicted molar refractivity (Wildman–Crippen MR) is 74.5 cm³/mol. The molecular weight excluding hydrogens is 240 g/mol. The maximum atomic E-state index is 9.70. The highest BCUT2D eigenvalue weighted by molar-refractivity contribution is 6.11. The zero-order chi connectivity index (χ0) is 12.8. The molecule has 0 unspecified atom stereocenters. The van der Waals surface area contributed by atoms with Gasteiger partial charge >= 0.3 is 0 Å². The minimum Gasteiger partial charge on any atom is -0.508 e. The van der Waals surface area contributed by atoms with Crippen LogP contribution in [0.3, 0.4) is 0 Å². The average Bonchev–Trinajstić information content (AvgIpc) is 3.04. The fourth-order valence-corrected chi connectivity index (χ4v) is 2.86. The third kappa shape index (κ3) is 1.54. The molecule has 0 atom stereocenters. The number of rotatable bonds is 1. The Labute approximate surface area is 109 Å². The number of fused-ring (bicyclic) bond motifs is 3. The van der Waals surface area contributed by atoms with Gasteiger partial charge in [-0.1, -0.05) is 0 Å². The zero-order valence-electron chi connectivity index (χ0n) is 10.4.